The lowest BCUT2D eigenvalue weighted by molar-refractivity contribution is -0.143. The van der Waals surface area contributed by atoms with Gasteiger partial charge in [-0.15, -0.1) is 0 Å². The zero-order valence-corrected chi connectivity index (χ0v) is 14.8. The van der Waals surface area contributed by atoms with E-state index >= 15 is 0 Å². The Labute approximate surface area is 165 Å². The summed E-state index contributed by atoms with van der Waals surface area (Å²) in [4.78, 5) is 14.7. The summed E-state index contributed by atoms with van der Waals surface area (Å²) < 4.78 is 84.5. The summed E-state index contributed by atoms with van der Waals surface area (Å²) in [5.74, 6) is -1.99. The molecule has 0 amide bonds. The normalized spacial score (nSPS) is 12.5. The maximum Gasteiger partial charge on any atom is 0.416 e. The van der Waals surface area contributed by atoms with Crippen LogP contribution in [0.2, 0.25) is 0 Å². The smallest absolute Gasteiger partial charge is 0.416 e. The molecular formula is C20H11F6NO3. The minimum atomic E-state index is -5.03. The summed E-state index contributed by atoms with van der Waals surface area (Å²) in [6.45, 7) is 0. The molecule has 1 aromatic heterocycles. The molecular weight excluding hydrogens is 416 g/mol. The number of hydrogen-bond donors (Lipinski definition) is 1. The Balaban J connectivity index is 2.27. The van der Waals surface area contributed by atoms with E-state index in [1.165, 1.54) is 12.1 Å². The van der Waals surface area contributed by atoms with Crippen LogP contribution >= 0.6 is 0 Å². The van der Waals surface area contributed by atoms with Crippen LogP contribution in [0.1, 0.15) is 17.0 Å². The fourth-order valence-corrected chi connectivity index (χ4v) is 2.62. The van der Waals surface area contributed by atoms with Crippen LogP contribution in [0.3, 0.4) is 0 Å². The lowest BCUT2D eigenvalue weighted by atomic mass is 10.0. The summed E-state index contributed by atoms with van der Waals surface area (Å²) in [5.41, 5.74) is -3.19. The number of rotatable bonds is 4. The Morgan fingerprint density at radius 1 is 0.900 bits per heavy atom. The van der Waals surface area contributed by atoms with E-state index < -0.39 is 35.0 Å². The molecule has 3 rings (SSSR count). The van der Waals surface area contributed by atoms with Crippen LogP contribution in [0.15, 0.2) is 59.0 Å². The van der Waals surface area contributed by atoms with E-state index in [1.54, 1.807) is 18.2 Å². The third-order valence-corrected chi connectivity index (χ3v) is 3.91. The van der Waals surface area contributed by atoms with Crippen LogP contribution < -0.4 is 0 Å². The fraction of sp³-hybridized carbons (Fsp3) is 0.100. The molecule has 0 saturated heterocycles. The number of benzene rings is 2. The van der Waals surface area contributed by atoms with Crippen molar-refractivity contribution in [3.63, 3.8) is 0 Å². The topological polar surface area (TPSA) is 63.3 Å². The van der Waals surface area contributed by atoms with Gasteiger partial charge in [0.05, 0.1) is 11.1 Å². The molecule has 4 nitrogen and oxygen atoms in total. The Bertz CT molecular complexity index is 1070. The quantitative estimate of drug-likeness (QED) is 0.401. The molecule has 3 aromatic rings. The van der Waals surface area contributed by atoms with Gasteiger partial charge in [0.1, 0.15) is 5.69 Å². The van der Waals surface area contributed by atoms with Crippen molar-refractivity contribution in [3.05, 3.63) is 71.6 Å². The van der Waals surface area contributed by atoms with Crippen LogP contribution in [0.5, 0.6) is 0 Å². The Morgan fingerprint density at radius 2 is 1.47 bits per heavy atom. The van der Waals surface area contributed by atoms with Crippen molar-refractivity contribution in [1.82, 2.24) is 4.98 Å². The van der Waals surface area contributed by atoms with E-state index in [-0.39, 0.29) is 23.4 Å². The number of alkyl halides is 6. The minimum Gasteiger partial charge on any atom is -0.478 e. The van der Waals surface area contributed by atoms with E-state index in [0.717, 1.165) is 6.08 Å². The number of nitrogens with zero attached hydrogens (tertiary/aromatic N) is 1. The van der Waals surface area contributed by atoms with Gasteiger partial charge in [-0.05, 0) is 18.2 Å². The maximum atomic E-state index is 13.2. The van der Waals surface area contributed by atoms with Gasteiger partial charge in [0.15, 0.2) is 5.76 Å². The van der Waals surface area contributed by atoms with Crippen LogP contribution in [-0.4, -0.2) is 16.1 Å². The molecule has 0 unspecified atom stereocenters. The van der Waals surface area contributed by atoms with E-state index in [2.05, 4.69) is 4.98 Å². The molecule has 156 valence electrons. The molecule has 0 aliphatic carbocycles. The first kappa shape index (κ1) is 21.2. The highest BCUT2D eigenvalue weighted by Gasteiger charge is 2.37. The zero-order valence-electron chi connectivity index (χ0n) is 14.8. The van der Waals surface area contributed by atoms with Gasteiger partial charge < -0.3 is 9.52 Å². The summed E-state index contributed by atoms with van der Waals surface area (Å²) in [6.07, 6.45) is -8.45. The van der Waals surface area contributed by atoms with Gasteiger partial charge in [-0.3, -0.25) is 0 Å². The highest BCUT2D eigenvalue weighted by Crippen LogP contribution is 2.41. The minimum absolute atomic E-state index is 0.00724. The number of aliphatic carboxylic acids is 1. The summed E-state index contributed by atoms with van der Waals surface area (Å²) >= 11 is 0. The largest absolute Gasteiger partial charge is 0.478 e. The second-order valence-electron chi connectivity index (χ2n) is 6.06. The lowest BCUT2D eigenvalue weighted by Crippen LogP contribution is -2.11. The summed E-state index contributed by atoms with van der Waals surface area (Å²) in [7, 11) is 0. The van der Waals surface area contributed by atoms with Crippen molar-refractivity contribution in [3.8, 4) is 22.6 Å². The fourth-order valence-electron chi connectivity index (χ4n) is 2.62. The molecule has 0 saturated carbocycles. The second-order valence-corrected chi connectivity index (χ2v) is 6.06. The van der Waals surface area contributed by atoms with Crippen LogP contribution in [0, 0.1) is 0 Å². The average molecular weight is 427 g/mol. The van der Waals surface area contributed by atoms with Crippen molar-refractivity contribution in [2.75, 3.05) is 0 Å². The second kappa shape index (κ2) is 7.69. The molecule has 0 atom stereocenters. The van der Waals surface area contributed by atoms with Gasteiger partial charge in [-0.25, -0.2) is 9.78 Å². The van der Waals surface area contributed by atoms with E-state index in [9.17, 15) is 31.1 Å². The standard InChI is InChI=1S/C20H11F6NO3/c21-19(22,23)13-8-12(9-14(10-13)20(24,25)26)18-17(11-4-2-1-3-5-11)27-15(30-18)6-7-16(28)29/h1-10H,(H,28,29)/b7-6+. The Kier molecular flexibility index (Phi) is 5.43. The van der Waals surface area contributed by atoms with E-state index in [0.29, 0.717) is 23.8 Å². The van der Waals surface area contributed by atoms with Gasteiger partial charge in [0, 0.05) is 23.3 Å². The third kappa shape index (κ3) is 4.70. The number of oxazole rings is 1. The van der Waals surface area contributed by atoms with Gasteiger partial charge in [0.2, 0.25) is 5.89 Å². The first-order valence-electron chi connectivity index (χ1n) is 8.22. The number of carboxylic acid groups (broad SMARTS) is 1. The molecule has 2 aromatic carbocycles. The van der Waals surface area contributed by atoms with Gasteiger partial charge >= 0.3 is 18.3 Å². The van der Waals surface area contributed by atoms with E-state index in [4.69, 9.17) is 9.52 Å². The number of halogens is 6. The Morgan fingerprint density at radius 3 is 1.97 bits per heavy atom. The number of carboxylic acids is 1. The van der Waals surface area contributed by atoms with Gasteiger partial charge in [-0.1, -0.05) is 30.3 Å². The molecule has 0 bridgehead atoms. The Hall–Kier alpha value is -3.56. The summed E-state index contributed by atoms with van der Waals surface area (Å²) in [6, 6.07) is 8.95. The highest BCUT2D eigenvalue weighted by molar-refractivity contribution is 5.85. The van der Waals surface area contributed by atoms with Crippen LogP contribution in [0.25, 0.3) is 28.7 Å². The highest BCUT2D eigenvalue weighted by atomic mass is 19.4. The SMILES string of the molecule is O=C(O)/C=C/c1nc(-c2ccccc2)c(-c2cc(C(F)(F)F)cc(C(F)(F)F)c2)o1. The van der Waals surface area contributed by atoms with Crippen molar-refractivity contribution in [2.45, 2.75) is 12.4 Å². The van der Waals surface area contributed by atoms with Gasteiger partial charge in [-0.2, -0.15) is 26.3 Å². The van der Waals surface area contributed by atoms with Crippen LogP contribution in [-0.2, 0) is 17.1 Å². The first-order chi connectivity index (χ1) is 13.9. The van der Waals surface area contributed by atoms with Crippen LogP contribution in [0.4, 0.5) is 26.3 Å². The summed E-state index contributed by atoms with van der Waals surface area (Å²) in [5, 5.41) is 8.73. The number of carbonyl (C=O) groups is 1. The zero-order chi connectivity index (χ0) is 22.1. The molecule has 30 heavy (non-hydrogen) atoms. The van der Waals surface area contributed by atoms with E-state index in [1.807, 2.05) is 0 Å². The molecule has 0 fully saturated rings. The lowest BCUT2D eigenvalue weighted by Gasteiger charge is -2.13. The monoisotopic (exact) mass is 427 g/mol. The average Bonchev–Trinajstić information content (AvgIpc) is 3.10. The van der Waals surface area contributed by atoms with Gasteiger partial charge in [0.25, 0.3) is 0 Å². The van der Waals surface area contributed by atoms with Crippen molar-refractivity contribution in [2.24, 2.45) is 0 Å². The molecule has 1 N–H and O–H groups in total. The molecule has 0 spiro atoms. The van der Waals surface area contributed by atoms with Crippen molar-refractivity contribution in [1.29, 1.82) is 0 Å². The molecule has 0 aliphatic heterocycles. The molecule has 0 aliphatic rings. The third-order valence-electron chi connectivity index (χ3n) is 3.91. The maximum absolute atomic E-state index is 13.2. The molecule has 1 heterocycles. The molecule has 10 heteroatoms. The predicted octanol–water partition coefficient (Wildman–Crippen LogP) is 6.14. The number of hydrogen-bond acceptors (Lipinski definition) is 3. The van der Waals surface area contributed by atoms with Crippen molar-refractivity contribution >= 4 is 12.0 Å². The van der Waals surface area contributed by atoms with Crippen molar-refractivity contribution < 1.29 is 40.7 Å². The predicted molar refractivity (Wildman–Crippen MR) is 94.0 cm³/mol. The molecule has 0 radical (unpaired) electrons. The number of aromatic nitrogens is 1. The first-order valence-corrected chi connectivity index (χ1v) is 8.22.